The third kappa shape index (κ3) is 2.07. The van der Waals surface area contributed by atoms with E-state index >= 15 is 0 Å². The van der Waals surface area contributed by atoms with E-state index in [-0.39, 0.29) is 5.15 Å². The molecule has 0 aliphatic rings. The van der Waals surface area contributed by atoms with Crippen LogP contribution in [-0.4, -0.2) is 15.0 Å². The Labute approximate surface area is 75.3 Å². The molecule has 1 heterocycles. The highest BCUT2D eigenvalue weighted by molar-refractivity contribution is 6.40. The molecule has 0 spiro atoms. The molecular formula is C6H9Cl2N3. The Kier molecular flexibility index (Phi) is 3.15. The van der Waals surface area contributed by atoms with Gasteiger partial charge in [-0.05, 0) is 6.42 Å². The Morgan fingerprint density at radius 2 is 2.18 bits per heavy atom. The molecule has 0 N–H and O–H groups in total. The Bertz CT molecular complexity index is 234. The Hall–Kier alpha value is -0.280. The van der Waals surface area contributed by atoms with Crippen LogP contribution in [0, 0.1) is 0 Å². The van der Waals surface area contributed by atoms with Gasteiger partial charge in [-0.15, -0.1) is 5.10 Å². The van der Waals surface area contributed by atoms with Crippen LogP contribution in [0.5, 0.6) is 0 Å². The summed E-state index contributed by atoms with van der Waals surface area (Å²) in [6.07, 6.45) is 2.15. The van der Waals surface area contributed by atoms with Gasteiger partial charge in [0.2, 0.25) is 0 Å². The van der Waals surface area contributed by atoms with Crippen LogP contribution in [0.2, 0.25) is 10.3 Å². The van der Waals surface area contributed by atoms with Crippen LogP contribution in [0.4, 0.5) is 0 Å². The van der Waals surface area contributed by atoms with Crippen molar-refractivity contribution in [1.29, 1.82) is 0 Å². The highest BCUT2D eigenvalue weighted by Crippen LogP contribution is 2.17. The van der Waals surface area contributed by atoms with Crippen LogP contribution in [0.25, 0.3) is 0 Å². The van der Waals surface area contributed by atoms with E-state index in [0.717, 1.165) is 19.4 Å². The summed E-state index contributed by atoms with van der Waals surface area (Å²) in [5, 5.41) is 8.08. The van der Waals surface area contributed by atoms with E-state index in [0.29, 0.717) is 5.15 Å². The Morgan fingerprint density at radius 3 is 2.64 bits per heavy atom. The topological polar surface area (TPSA) is 30.7 Å². The van der Waals surface area contributed by atoms with E-state index in [4.69, 9.17) is 23.2 Å². The molecule has 0 bridgehead atoms. The van der Waals surface area contributed by atoms with Crippen LogP contribution in [0.3, 0.4) is 0 Å². The van der Waals surface area contributed by atoms with Crippen molar-refractivity contribution in [1.82, 2.24) is 15.0 Å². The lowest BCUT2D eigenvalue weighted by Crippen LogP contribution is -1.99. The van der Waals surface area contributed by atoms with E-state index in [1.165, 1.54) is 0 Å². The summed E-state index contributed by atoms with van der Waals surface area (Å²) in [6, 6.07) is 0. The average Bonchev–Trinajstić information content (AvgIpc) is 2.31. The molecule has 1 rings (SSSR count). The maximum absolute atomic E-state index is 5.75. The first kappa shape index (κ1) is 8.81. The smallest absolute Gasteiger partial charge is 0.190 e. The number of aromatic nitrogens is 3. The van der Waals surface area contributed by atoms with Crippen LogP contribution in [0.15, 0.2) is 0 Å². The second-order valence-electron chi connectivity index (χ2n) is 2.25. The maximum atomic E-state index is 5.75. The van der Waals surface area contributed by atoms with Gasteiger partial charge in [0.25, 0.3) is 0 Å². The molecule has 0 saturated carbocycles. The van der Waals surface area contributed by atoms with Crippen LogP contribution in [0.1, 0.15) is 19.8 Å². The van der Waals surface area contributed by atoms with Crippen molar-refractivity contribution in [2.75, 3.05) is 0 Å². The predicted molar refractivity (Wildman–Crippen MR) is 45.0 cm³/mol. The minimum absolute atomic E-state index is 0.280. The number of halogens is 2. The van der Waals surface area contributed by atoms with Crippen LogP contribution >= 0.6 is 23.2 Å². The van der Waals surface area contributed by atoms with Gasteiger partial charge in [0.15, 0.2) is 10.3 Å². The number of unbranched alkanes of at least 4 members (excludes halogenated alkanes) is 1. The molecule has 3 nitrogen and oxygen atoms in total. The number of nitrogens with zero attached hydrogens (tertiary/aromatic N) is 3. The van der Waals surface area contributed by atoms with Gasteiger partial charge in [0, 0.05) is 6.54 Å². The second kappa shape index (κ2) is 3.93. The van der Waals surface area contributed by atoms with E-state index in [2.05, 4.69) is 17.2 Å². The second-order valence-corrected chi connectivity index (χ2v) is 2.96. The van der Waals surface area contributed by atoms with Crippen LogP contribution < -0.4 is 0 Å². The summed E-state index contributed by atoms with van der Waals surface area (Å²) in [4.78, 5) is 0. The zero-order valence-corrected chi connectivity index (χ0v) is 7.73. The predicted octanol–water partition coefficient (Wildman–Crippen LogP) is 2.39. The van der Waals surface area contributed by atoms with Crippen LogP contribution in [-0.2, 0) is 6.54 Å². The third-order valence-electron chi connectivity index (χ3n) is 1.36. The summed E-state index contributed by atoms with van der Waals surface area (Å²) in [7, 11) is 0. The molecule has 0 atom stereocenters. The summed E-state index contributed by atoms with van der Waals surface area (Å²) < 4.78 is 1.60. The van der Waals surface area contributed by atoms with E-state index in [1.807, 2.05) is 0 Å². The van der Waals surface area contributed by atoms with Gasteiger partial charge >= 0.3 is 0 Å². The maximum Gasteiger partial charge on any atom is 0.190 e. The molecule has 0 amide bonds. The minimum atomic E-state index is 0.280. The summed E-state index contributed by atoms with van der Waals surface area (Å²) >= 11 is 11.3. The molecule has 1 aromatic heterocycles. The summed E-state index contributed by atoms with van der Waals surface area (Å²) in [6.45, 7) is 2.89. The van der Waals surface area contributed by atoms with Gasteiger partial charge in [-0.2, -0.15) is 0 Å². The lowest BCUT2D eigenvalue weighted by atomic mass is 10.3. The van der Waals surface area contributed by atoms with Crippen molar-refractivity contribution in [3.8, 4) is 0 Å². The van der Waals surface area contributed by atoms with E-state index < -0.39 is 0 Å². The van der Waals surface area contributed by atoms with Gasteiger partial charge < -0.3 is 0 Å². The van der Waals surface area contributed by atoms with Gasteiger partial charge in [-0.1, -0.05) is 41.8 Å². The monoisotopic (exact) mass is 193 g/mol. The lowest BCUT2D eigenvalue weighted by Gasteiger charge is -1.97. The fourth-order valence-corrected chi connectivity index (χ4v) is 1.02. The van der Waals surface area contributed by atoms with Crippen molar-refractivity contribution in [3.05, 3.63) is 10.3 Å². The van der Waals surface area contributed by atoms with Crippen molar-refractivity contribution in [2.24, 2.45) is 0 Å². The van der Waals surface area contributed by atoms with Gasteiger partial charge in [0.1, 0.15) is 0 Å². The number of aryl methyl sites for hydroxylation is 1. The molecule has 1 aromatic rings. The molecule has 5 heteroatoms. The standard InChI is InChI=1S/C6H9Cl2N3/c1-2-3-4-11-6(8)5(7)9-10-11/h2-4H2,1H3. The average molecular weight is 194 g/mol. The summed E-state index contributed by atoms with van der Waals surface area (Å²) in [5.74, 6) is 0. The summed E-state index contributed by atoms with van der Waals surface area (Å²) in [5.41, 5.74) is 0. The molecule has 0 saturated heterocycles. The van der Waals surface area contributed by atoms with Crippen molar-refractivity contribution < 1.29 is 0 Å². The van der Waals surface area contributed by atoms with Gasteiger partial charge in [-0.3, -0.25) is 0 Å². The molecule has 0 aliphatic heterocycles. The highest BCUT2D eigenvalue weighted by Gasteiger charge is 2.05. The molecule has 62 valence electrons. The third-order valence-corrected chi connectivity index (χ3v) is 2.09. The van der Waals surface area contributed by atoms with Crippen molar-refractivity contribution in [2.45, 2.75) is 26.3 Å². The first-order chi connectivity index (χ1) is 5.25. The fraction of sp³-hybridized carbons (Fsp3) is 0.667. The molecule has 0 radical (unpaired) electrons. The molecule has 0 aromatic carbocycles. The molecule has 0 unspecified atom stereocenters. The number of hydrogen-bond acceptors (Lipinski definition) is 2. The van der Waals surface area contributed by atoms with Gasteiger partial charge in [-0.25, -0.2) is 4.68 Å². The number of rotatable bonds is 3. The van der Waals surface area contributed by atoms with E-state index in [9.17, 15) is 0 Å². The highest BCUT2D eigenvalue weighted by atomic mass is 35.5. The molecular weight excluding hydrogens is 185 g/mol. The zero-order chi connectivity index (χ0) is 8.27. The SMILES string of the molecule is CCCCn1nnc(Cl)c1Cl. The first-order valence-electron chi connectivity index (χ1n) is 3.50. The molecule has 11 heavy (non-hydrogen) atoms. The normalized spacial score (nSPS) is 10.5. The zero-order valence-electron chi connectivity index (χ0n) is 6.22. The van der Waals surface area contributed by atoms with Crippen molar-refractivity contribution in [3.63, 3.8) is 0 Å². The Morgan fingerprint density at radius 1 is 1.45 bits per heavy atom. The van der Waals surface area contributed by atoms with E-state index in [1.54, 1.807) is 4.68 Å². The fourth-order valence-electron chi connectivity index (χ4n) is 0.731. The molecule has 0 aliphatic carbocycles. The van der Waals surface area contributed by atoms with Crippen molar-refractivity contribution >= 4 is 23.2 Å². The lowest BCUT2D eigenvalue weighted by molar-refractivity contribution is 0.553. The number of hydrogen-bond donors (Lipinski definition) is 0. The molecule has 0 fully saturated rings. The van der Waals surface area contributed by atoms with Gasteiger partial charge in [0.05, 0.1) is 0 Å². The Balaban J connectivity index is 2.63. The largest absolute Gasteiger partial charge is 0.232 e. The first-order valence-corrected chi connectivity index (χ1v) is 4.25. The minimum Gasteiger partial charge on any atom is -0.232 e. The quantitative estimate of drug-likeness (QED) is 0.739.